The Morgan fingerprint density at radius 2 is 0.800 bits per heavy atom. The predicted octanol–water partition coefficient (Wildman–Crippen LogP) is 6.83. The number of hydrogen-bond acceptors (Lipinski definition) is 7. The smallest absolute Gasteiger partial charge is 0.334 e. The maximum atomic E-state index is 12.1. The molecule has 35 heavy (non-hydrogen) atoms. The molecular weight excluding hydrogens is 468 g/mol. The molecule has 7 nitrogen and oxygen atoms in total. The third kappa shape index (κ3) is 20.7. The molecule has 0 aliphatic heterocycles. The maximum absolute atomic E-state index is 12.1. The minimum absolute atomic E-state index is 0.00687. The normalized spacial score (nSPS) is 11.7. The SMILES string of the molecule is CCCCCCCCCCCCOC(=O)C(C(=O)OCCCCCCCCCCCC)S(=O)(=O)[O-]. The van der Waals surface area contributed by atoms with Gasteiger partial charge in [-0.2, -0.15) is 0 Å². The van der Waals surface area contributed by atoms with Crippen molar-refractivity contribution >= 4 is 22.1 Å². The third-order valence-electron chi connectivity index (χ3n) is 6.20. The van der Waals surface area contributed by atoms with Gasteiger partial charge < -0.3 is 14.0 Å². The molecule has 0 spiro atoms. The summed E-state index contributed by atoms with van der Waals surface area (Å²) in [6.07, 6.45) is 22.1. The fraction of sp³-hybridized carbons (Fsp3) is 0.926. The molecule has 0 aliphatic rings. The van der Waals surface area contributed by atoms with Gasteiger partial charge in [0, 0.05) is 0 Å². The Bertz CT molecular complexity index is 581. The lowest BCUT2D eigenvalue weighted by Gasteiger charge is -2.18. The number of hydrogen-bond donors (Lipinski definition) is 0. The molecule has 0 aromatic carbocycles. The molecule has 0 heterocycles. The molecule has 0 saturated heterocycles. The van der Waals surface area contributed by atoms with E-state index in [1.165, 1.54) is 77.0 Å². The van der Waals surface area contributed by atoms with Crippen LogP contribution in [0.25, 0.3) is 0 Å². The molecule has 0 bridgehead atoms. The van der Waals surface area contributed by atoms with E-state index in [4.69, 9.17) is 9.47 Å². The quantitative estimate of drug-likeness (QED) is 0.0562. The van der Waals surface area contributed by atoms with Crippen LogP contribution in [0.2, 0.25) is 0 Å². The van der Waals surface area contributed by atoms with Crippen molar-refractivity contribution in [2.45, 2.75) is 148 Å². The molecule has 0 amide bonds. The fourth-order valence-electron chi connectivity index (χ4n) is 4.01. The summed E-state index contributed by atoms with van der Waals surface area (Å²) in [5.41, 5.74) is 0. The summed E-state index contributed by atoms with van der Waals surface area (Å²) >= 11 is 0. The Kier molecular flexibility index (Phi) is 22.5. The average molecular weight is 520 g/mol. The molecule has 8 heteroatoms. The van der Waals surface area contributed by atoms with E-state index in [0.717, 1.165) is 38.5 Å². The van der Waals surface area contributed by atoms with E-state index in [0.29, 0.717) is 12.8 Å². The molecule has 0 saturated carbocycles. The molecule has 0 radical (unpaired) electrons. The first-order valence-electron chi connectivity index (χ1n) is 14.1. The lowest BCUT2D eigenvalue weighted by Crippen LogP contribution is -2.40. The lowest BCUT2D eigenvalue weighted by molar-refractivity contribution is -0.154. The van der Waals surface area contributed by atoms with Crippen molar-refractivity contribution in [2.75, 3.05) is 13.2 Å². The van der Waals surface area contributed by atoms with Gasteiger partial charge in [0.1, 0.15) is 10.1 Å². The van der Waals surface area contributed by atoms with Gasteiger partial charge in [-0.1, -0.05) is 129 Å². The van der Waals surface area contributed by atoms with Crippen LogP contribution in [0.3, 0.4) is 0 Å². The van der Waals surface area contributed by atoms with Crippen molar-refractivity contribution in [3.05, 3.63) is 0 Å². The van der Waals surface area contributed by atoms with E-state index in [2.05, 4.69) is 13.8 Å². The highest BCUT2D eigenvalue weighted by Gasteiger charge is 2.36. The van der Waals surface area contributed by atoms with Gasteiger partial charge in [-0.15, -0.1) is 0 Å². The minimum atomic E-state index is -5.19. The average Bonchev–Trinajstić information content (AvgIpc) is 2.80. The number of unbranched alkanes of at least 4 members (excludes halogenated alkanes) is 18. The molecule has 0 N–H and O–H groups in total. The van der Waals surface area contributed by atoms with Gasteiger partial charge in [-0.3, -0.25) is 9.59 Å². The van der Waals surface area contributed by atoms with Gasteiger partial charge >= 0.3 is 11.9 Å². The molecule has 0 fully saturated rings. The van der Waals surface area contributed by atoms with Crippen LogP contribution in [0.15, 0.2) is 0 Å². The Labute approximate surface area is 214 Å². The Balaban J connectivity index is 3.96. The summed E-state index contributed by atoms with van der Waals surface area (Å²) in [6, 6.07) is 0. The highest BCUT2D eigenvalue weighted by molar-refractivity contribution is 7.88. The summed E-state index contributed by atoms with van der Waals surface area (Å²) in [6.45, 7) is 4.38. The molecule has 0 unspecified atom stereocenters. The number of carbonyl (C=O) groups excluding carboxylic acids is 2. The second kappa shape index (κ2) is 23.3. The standard InChI is InChI=1S/C27H52O7S/c1-3-5-7-9-11-13-15-17-19-21-23-33-26(28)25(35(30,31)32)27(29)34-24-22-20-18-16-14-12-10-8-6-4-2/h25H,3-24H2,1-2H3,(H,30,31,32)/p-1. The summed E-state index contributed by atoms with van der Waals surface area (Å²) in [7, 11) is -5.19. The highest BCUT2D eigenvalue weighted by Crippen LogP contribution is 2.13. The van der Waals surface area contributed by atoms with E-state index in [1.807, 2.05) is 0 Å². The van der Waals surface area contributed by atoms with Crippen LogP contribution in [0.5, 0.6) is 0 Å². The van der Waals surface area contributed by atoms with Crippen molar-refractivity contribution in [2.24, 2.45) is 0 Å². The van der Waals surface area contributed by atoms with Crippen LogP contribution in [-0.2, 0) is 29.2 Å². The van der Waals surface area contributed by atoms with Crippen LogP contribution in [0, 0.1) is 0 Å². The second-order valence-electron chi connectivity index (χ2n) is 9.57. The first-order valence-corrected chi connectivity index (χ1v) is 15.6. The Morgan fingerprint density at radius 3 is 1.06 bits per heavy atom. The van der Waals surface area contributed by atoms with E-state index >= 15 is 0 Å². The summed E-state index contributed by atoms with van der Waals surface area (Å²) in [5, 5.41) is -2.44. The fourth-order valence-corrected chi connectivity index (χ4v) is 4.62. The number of esters is 2. The van der Waals surface area contributed by atoms with E-state index in [-0.39, 0.29) is 13.2 Å². The van der Waals surface area contributed by atoms with Crippen molar-refractivity contribution in [3.63, 3.8) is 0 Å². The molecular formula is C27H51O7S-. The molecule has 0 atom stereocenters. The van der Waals surface area contributed by atoms with Crippen LogP contribution in [0.1, 0.15) is 142 Å². The largest absolute Gasteiger partial charge is 0.747 e. The Hall–Kier alpha value is -1.15. The number of carbonyl (C=O) groups is 2. The Morgan fingerprint density at radius 1 is 0.543 bits per heavy atom. The first-order chi connectivity index (χ1) is 16.8. The zero-order valence-corrected chi connectivity index (χ0v) is 23.2. The van der Waals surface area contributed by atoms with Crippen molar-refractivity contribution in [1.82, 2.24) is 0 Å². The van der Waals surface area contributed by atoms with Crippen LogP contribution >= 0.6 is 0 Å². The van der Waals surface area contributed by atoms with E-state index in [9.17, 15) is 22.6 Å². The van der Waals surface area contributed by atoms with Crippen LogP contribution in [0.4, 0.5) is 0 Å². The number of ether oxygens (including phenoxy) is 2. The highest BCUT2D eigenvalue weighted by atomic mass is 32.2. The van der Waals surface area contributed by atoms with Crippen molar-refractivity contribution in [1.29, 1.82) is 0 Å². The molecule has 208 valence electrons. The zero-order chi connectivity index (χ0) is 26.2. The van der Waals surface area contributed by atoms with Gasteiger partial charge in [0.25, 0.3) is 0 Å². The molecule has 0 aromatic rings. The number of rotatable bonds is 25. The van der Waals surface area contributed by atoms with Crippen molar-refractivity contribution < 1.29 is 32.0 Å². The topological polar surface area (TPSA) is 110 Å². The summed E-state index contributed by atoms with van der Waals surface area (Å²) < 4.78 is 44.2. The summed E-state index contributed by atoms with van der Waals surface area (Å²) in [5.74, 6) is -2.66. The zero-order valence-electron chi connectivity index (χ0n) is 22.4. The van der Waals surface area contributed by atoms with Gasteiger partial charge in [0.15, 0.2) is 0 Å². The first kappa shape index (κ1) is 33.8. The predicted molar refractivity (Wildman–Crippen MR) is 139 cm³/mol. The maximum Gasteiger partial charge on any atom is 0.334 e. The van der Waals surface area contributed by atoms with Gasteiger partial charge in [0.2, 0.25) is 5.25 Å². The van der Waals surface area contributed by atoms with Gasteiger partial charge in [-0.05, 0) is 12.8 Å². The monoisotopic (exact) mass is 519 g/mol. The lowest BCUT2D eigenvalue weighted by atomic mass is 10.1. The van der Waals surface area contributed by atoms with Gasteiger partial charge in [-0.25, -0.2) is 8.42 Å². The second-order valence-corrected chi connectivity index (χ2v) is 11.0. The van der Waals surface area contributed by atoms with E-state index < -0.39 is 27.3 Å². The molecule has 0 rings (SSSR count). The molecule has 0 aliphatic carbocycles. The van der Waals surface area contributed by atoms with Crippen molar-refractivity contribution in [3.8, 4) is 0 Å². The third-order valence-corrected chi connectivity index (χ3v) is 7.16. The van der Waals surface area contributed by atoms with E-state index in [1.54, 1.807) is 0 Å². The molecule has 0 aromatic heterocycles. The van der Waals surface area contributed by atoms with Gasteiger partial charge in [0.05, 0.1) is 13.2 Å². The van der Waals surface area contributed by atoms with Crippen LogP contribution in [-0.4, -0.2) is 43.4 Å². The minimum Gasteiger partial charge on any atom is -0.747 e. The van der Waals surface area contributed by atoms with Crippen LogP contribution < -0.4 is 0 Å². The summed E-state index contributed by atoms with van der Waals surface area (Å²) in [4.78, 5) is 24.2.